The lowest BCUT2D eigenvalue weighted by Gasteiger charge is -2.10. The number of carbonyl (C=O) groups excluding carboxylic acids is 1. The number of hydrogen-bond acceptors (Lipinski definition) is 4. The molecule has 2 N–H and O–H groups in total. The molecule has 0 fully saturated rings. The first-order valence-corrected chi connectivity index (χ1v) is 8.60. The number of aromatic amines is 1. The van der Waals surface area contributed by atoms with Crippen LogP contribution in [0.15, 0.2) is 60.8 Å². The zero-order valence-electron chi connectivity index (χ0n) is 15.0. The van der Waals surface area contributed by atoms with E-state index >= 15 is 0 Å². The Morgan fingerprint density at radius 1 is 1.15 bits per heavy atom. The molecule has 0 radical (unpaired) electrons. The highest BCUT2D eigenvalue weighted by Gasteiger charge is 2.21. The molecule has 0 spiro atoms. The number of nitrogens with zero attached hydrogens (tertiary/aromatic N) is 3. The number of carbonyl (C=O) groups is 1. The van der Waals surface area contributed by atoms with Crippen molar-refractivity contribution in [3.05, 3.63) is 72.3 Å². The van der Waals surface area contributed by atoms with Gasteiger partial charge in [-0.1, -0.05) is 30.3 Å². The number of para-hydroxylation sites is 3. The van der Waals surface area contributed by atoms with Crippen molar-refractivity contribution < 1.29 is 9.53 Å². The molecule has 4 rings (SSSR count). The molecule has 1 atom stereocenters. The van der Waals surface area contributed by atoms with Crippen molar-refractivity contribution in [3.63, 3.8) is 0 Å². The van der Waals surface area contributed by atoms with Gasteiger partial charge in [-0.3, -0.25) is 4.79 Å². The first kappa shape index (κ1) is 16.8. The maximum absolute atomic E-state index is 12.8. The van der Waals surface area contributed by atoms with E-state index in [1.54, 1.807) is 10.9 Å². The molecule has 0 aliphatic rings. The molecule has 4 aromatic rings. The number of fused-ring (bicyclic) bond motifs is 1. The van der Waals surface area contributed by atoms with E-state index in [0.29, 0.717) is 11.6 Å². The maximum Gasteiger partial charge on any atom is 0.276 e. The summed E-state index contributed by atoms with van der Waals surface area (Å²) in [5.74, 6) is 0.772. The summed E-state index contributed by atoms with van der Waals surface area (Å²) in [6.45, 7) is 1.87. The number of nitrogens with one attached hydrogen (secondary N) is 2. The third kappa shape index (κ3) is 3.27. The van der Waals surface area contributed by atoms with E-state index in [1.165, 1.54) is 7.11 Å². The van der Waals surface area contributed by atoms with E-state index in [1.807, 2.05) is 61.5 Å². The second-order valence-corrected chi connectivity index (χ2v) is 6.16. The van der Waals surface area contributed by atoms with E-state index in [4.69, 9.17) is 4.74 Å². The standard InChI is InChI=1S/C20H19N5O2/c1-13(19-22-15-10-6-7-11-16(15)23-19)21-20(26)18-17(27-2)12-25(24-18)14-8-4-3-5-9-14/h3-13H,1-2H3,(H,21,26)(H,22,23)/t13-/m0/s1. The molecule has 0 aliphatic heterocycles. The summed E-state index contributed by atoms with van der Waals surface area (Å²) in [6, 6.07) is 17.0. The van der Waals surface area contributed by atoms with Crippen molar-refractivity contribution >= 4 is 16.9 Å². The first-order valence-electron chi connectivity index (χ1n) is 8.60. The van der Waals surface area contributed by atoms with Gasteiger partial charge in [0.05, 0.1) is 36.1 Å². The van der Waals surface area contributed by atoms with E-state index in [0.717, 1.165) is 16.7 Å². The van der Waals surface area contributed by atoms with Crippen LogP contribution >= 0.6 is 0 Å². The SMILES string of the molecule is COc1cn(-c2ccccc2)nc1C(=O)N[C@@H](C)c1nc2ccccc2[nH]1. The van der Waals surface area contributed by atoms with Gasteiger partial charge < -0.3 is 15.0 Å². The van der Waals surface area contributed by atoms with Crippen molar-refractivity contribution in [2.45, 2.75) is 13.0 Å². The smallest absolute Gasteiger partial charge is 0.276 e. The topological polar surface area (TPSA) is 84.8 Å². The zero-order valence-corrected chi connectivity index (χ0v) is 15.0. The molecular formula is C20H19N5O2. The number of hydrogen-bond donors (Lipinski definition) is 2. The van der Waals surface area contributed by atoms with E-state index in [9.17, 15) is 4.79 Å². The number of ether oxygens (including phenoxy) is 1. The summed E-state index contributed by atoms with van der Waals surface area (Å²) >= 11 is 0. The summed E-state index contributed by atoms with van der Waals surface area (Å²) in [6.07, 6.45) is 1.69. The highest BCUT2D eigenvalue weighted by Crippen LogP contribution is 2.21. The molecule has 7 nitrogen and oxygen atoms in total. The molecule has 1 amide bonds. The van der Waals surface area contributed by atoms with Gasteiger partial charge in [0.25, 0.3) is 5.91 Å². The maximum atomic E-state index is 12.8. The van der Waals surface area contributed by atoms with Crippen molar-refractivity contribution in [2.75, 3.05) is 7.11 Å². The van der Waals surface area contributed by atoms with Crippen molar-refractivity contribution in [1.82, 2.24) is 25.1 Å². The minimum Gasteiger partial charge on any atom is -0.493 e. The summed E-state index contributed by atoms with van der Waals surface area (Å²) in [5, 5.41) is 7.31. The number of methoxy groups -OCH3 is 1. The van der Waals surface area contributed by atoms with E-state index < -0.39 is 0 Å². The number of benzene rings is 2. The van der Waals surface area contributed by atoms with Gasteiger partial charge in [0, 0.05) is 0 Å². The van der Waals surface area contributed by atoms with Crippen LogP contribution in [0.5, 0.6) is 5.75 Å². The average molecular weight is 361 g/mol. The molecule has 0 saturated heterocycles. The van der Waals surface area contributed by atoms with Crippen LogP contribution in [0.4, 0.5) is 0 Å². The predicted octanol–water partition coefficient (Wildman–Crippen LogP) is 3.25. The molecule has 136 valence electrons. The van der Waals surface area contributed by atoms with Crippen molar-refractivity contribution in [1.29, 1.82) is 0 Å². The number of amides is 1. The van der Waals surface area contributed by atoms with Gasteiger partial charge in [-0.05, 0) is 31.2 Å². The van der Waals surface area contributed by atoms with Gasteiger partial charge in [-0.25, -0.2) is 9.67 Å². The second kappa shape index (κ2) is 6.95. The van der Waals surface area contributed by atoms with Crippen LogP contribution in [-0.2, 0) is 0 Å². The highest BCUT2D eigenvalue weighted by atomic mass is 16.5. The third-order valence-corrected chi connectivity index (χ3v) is 4.30. The number of imidazole rings is 1. The Balaban J connectivity index is 1.58. The van der Waals surface area contributed by atoms with Gasteiger partial charge in [-0.15, -0.1) is 0 Å². The van der Waals surface area contributed by atoms with Gasteiger partial charge in [0.1, 0.15) is 5.82 Å². The lowest BCUT2D eigenvalue weighted by atomic mass is 10.3. The first-order chi connectivity index (χ1) is 13.2. The Morgan fingerprint density at radius 2 is 1.89 bits per heavy atom. The summed E-state index contributed by atoms with van der Waals surface area (Å²) < 4.78 is 6.96. The molecule has 27 heavy (non-hydrogen) atoms. The molecule has 2 aromatic heterocycles. The molecule has 2 heterocycles. The molecule has 2 aromatic carbocycles. The van der Waals surface area contributed by atoms with Crippen LogP contribution in [0, 0.1) is 0 Å². The number of aromatic nitrogens is 4. The Labute approximate surface area is 156 Å². The fourth-order valence-electron chi connectivity index (χ4n) is 2.89. The van der Waals surface area contributed by atoms with Crippen LogP contribution in [0.25, 0.3) is 16.7 Å². The second-order valence-electron chi connectivity index (χ2n) is 6.16. The lowest BCUT2D eigenvalue weighted by Crippen LogP contribution is -2.28. The van der Waals surface area contributed by atoms with E-state index in [2.05, 4.69) is 20.4 Å². The van der Waals surface area contributed by atoms with Crippen molar-refractivity contribution in [3.8, 4) is 11.4 Å². The van der Waals surface area contributed by atoms with Crippen LogP contribution in [0.3, 0.4) is 0 Å². The summed E-state index contributed by atoms with van der Waals surface area (Å²) in [7, 11) is 1.52. The van der Waals surface area contributed by atoms with Crippen LogP contribution in [0.2, 0.25) is 0 Å². The molecular weight excluding hydrogens is 342 g/mol. The van der Waals surface area contributed by atoms with Gasteiger partial charge in [0.15, 0.2) is 11.4 Å². The fraction of sp³-hybridized carbons (Fsp3) is 0.150. The normalized spacial score (nSPS) is 12.1. The van der Waals surface area contributed by atoms with Crippen molar-refractivity contribution in [2.24, 2.45) is 0 Å². The molecule has 0 saturated carbocycles. The van der Waals surface area contributed by atoms with Crippen LogP contribution in [-0.4, -0.2) is 32.8 Å². The number of rotatable bonds is 5. The molecule has 7 heteroatoms. The average Bonchev–Trinajstić information content (AvgIpc) is 3.33. The summed E-state index contributed by atoms with van der Waals surface area (Å²) in [5.41, 5.74) is 2.86. The Bertz CT molecular complexity index is 1050. The van der Waals surface area contributed by atoms with E-state index in [-0.39, 0.29) is 17.6 Å². The Morgan fingerprint density at radius 3 is 2.63 bits per heavy atom. The quantitative estimate of drug-likeness (QED) is 0.571. The molecule has 0 unspecified atom stereocenters. The predicted molar refractivity (Wildman–Crippen MR) is 102 cm³/mol. The van der Waals surface area contributed by atoms with Gasteiger partial charge >= 0.3 is 0 Å². The largest absolute Gasteiger partial charge is 0.493 e. The zero-order chi connectivity index (χ0) is 18.8. The lowest BCUT2D eigenvalue weighted by molar-refractivity contribution is 0.0930. The molecule has 0 aliphatic carbocycles. The molecule has 0 bridgehead atoms. The Kier molecular flexibility index (Phi) is 4.33. The van der Waals surface area contributed by atoms with Gasteiger partial charge in [-0.2, -0.15) is 5.10 Å². The third-order valence-electron chi connectivity index (χ3n) is 4.30. The highest BCUT2D eigenvalue weighted by molar-refractivity contribution is 5.95. The Hall–Kier alpha value is -3.61. The van der Waals surface area contributed by atoms with Crippen LogP contribution in [0.1, 0.15) is 29.3 Å². The minimum atomic E-state index is -0.325. The minimum absolute atomic E-state index is 0.226. The monoisotopic (exact) mass is 361 g/mol. The number of H-pyrrole nitrogens is 1. The fourth-order valence-corrected chi connectivity index (χ4v) is 2.89. The van der Waals surface area contributed by atoms with Crippen LogP contribution < -0.4 is 10.1 Å². The van der Waals surface area contributed by atoms with Gasteiger partial charge in [0.2, 0.25) is 0 Å². The summed E-state index contributed by atoms with van der Waals surface area (Å²) in [4.78, 5) is 20.5.